The molecule has 7 nitrogen and oxygen atoms in total. The highest BCUT2D eigenvalue weighted by Gasteiger charge is 2.14. The number of rotatable bonds is 10. The molecule has 0 spiro atoms. The number of anilines is 2. The van der Waals surface area contributed by atoms with E-state index in [2.05, 4.69) is 20.0 Å². The second kappa shape index (κ2) is 9.99. The number of aliphatic hydroxyl groups is 1. The van der Waals surface area contributed by atoms with Gasteiger partial charge in [0.05, 0.1) is 18.9 Å². The van der Waals surface area contributed by atoms with Gasteiger partial charge in [0.15, 0.2) is 16.8 Å². The minimum absolute atomic E-state index is 0.0374. The fraction of sp³-hybridized carbons (Fsp3) is 0.412. The second-order valence-electron chi connectivity index (χ2n) is 6.11. The highest BCUT2D eigenvalue weighted by molar-refractivity contribution is 7.98. The summed E-state index contributed by atoms with van der Waals surface area (Å²) in [7, 11) is -3.57. The van der Waals surface area contributed by atoms with Crippen molar-refractivity contribution in [1.29, 1.82) is 0 Å². The van der Waals surface area contributed by atoms with E-state index >= 15 is 0 Å². The maximum atomic E-state index is 13.8. The average molecular weight is 433 g/mol. The fourth-order valence-electron chi connectivity index (χ4n) is 2.37. The zero-order valence-electron chi connectivity index (χ0n) is 15.4. The molecule has 0 amide bonds. The van der Waals surface area contributed by atoms with Crippen LogP contribution in [0.2, 0.25) is 0 Å². The molecule has 1 heterocycles. The number of nitrogens with one attached hydrogen (secondary N) is 2. The van der Waals surface area contributed by atoms with Crippen LogP contribution in [0.25, 0.3) is 0 Å². The van der Waals surface area contributed by atoms with Crippen molar-refractivity contribution in [2.75, 3.05) is 22.9 Å². The molecule has 11 heteroatoms. The van der Waals surface area contributed by atoms with Crippen LogP contribution in [0.5, 0.6) is 0 Å². The van der Waals surface area contributed by atoms with Crippen LogP contribution in [0.3, 0.4) is 0 Å². The Morgan fingerprint density at radius 2 is 1.96 bits per heavy atom. The summed E-state index contributed by atoms with van der Waals surface area (Å²) in [5, 5.41) is 12.7. The molecule has 1 atom stereocenters. The van der Waals surface area contributed by atoms with Crippen LogP contribution in [0.1, 0.15) is 25.3 Å². The number of nitrogens with zero attached hydrogens (tertiary/aromatic N) is 2. The Labute approximate surface area is 167 Å². The molecule has 0 bridgehead atoms. The van der Waals surface area contributed by atoms with Gasteiger partial charge in [0, 0.05) is 17.4 Å². The van der Waals surface area contributed by atoms with Crippen LogP contribution in [0.4, 0.5) is 20.4 Å². The van der Waals surface area contributed by atoms with E-state index in [0.717, 1.165) is 30.5 Å². The lowest BCUT2D eigenvalue weighted by molar-refractivity contribution is 0.268. The number of sulfonamides is 1. The Kier molecular flexibility index (Phi) is 7.96. The summed E-state index contributed by atoms with van der Waals surface area (Å²) >= 11 is 1.03. The summed E-state index contributed by atoms with van der Waals surface area (Å²) in [5.74, 6) is -1.48. The maximum Gasteiger partial charge on any atom is 0.230 e. The first-order chi connectivity index (χ1) is 13.2. The number of thioether (sulfide) groups is 1. The van der Waals surface area contributed by atoms with Crippen molar-refractivity contribution in [3.05, 3.63) is 41.5 Å². The number of benzene rings is 1. The quantitative estimate of drug-likeness (QED) is 0.392. The van der Waals surface area contributed by atoms with E-state index in [1.165, 1.54) is 18.2 Å². The topological polar surface area (TPSA) is 104 Å². The van der Waals surface area contributed by atoms with Crippen molar-refractivity contribution >= 4 is 33.4 Å². The van der Waals surface area contributed by atoms with Crippen LogP contribution >= 0.6 is 11.8 Å². The number of halogens is 2. The predicted molar refractivity (Wildman–Crippen MR) is 106 cm³/mol. The molecular formula is C17H22F2N4O3S2. The van der Waals surface area contributed by atoms with Gasteiger partial charge in [0.25, 0.3) is 0 Å². The van der Waals surface area contributed by atoms with Crippen LogP contribution in [0.15, 0.2) is 29.4 Å². The molecule has 154 valence electrons. The molecule has 2 aromatic rings. The van der Waals surface area contributed by atoms with Crippen molar-refractivity contribution in [2.24, 2.45) is 0 Å². The van der Waals surface area contributed by atoms with Crippen molar-refractivity contribution in [3.8, 4) is 0 Å². The molecule has 0 aliphatic carbocycles. The van der Waals surface area contributed by atoms with E-state index in [9.17, 15) is 22.3 Å². The third-order valence-corrected chi connectivity index (χ3v) is 5.07. The van der Waals surface area contributed by atoms with Crippen LogP contribution in [-0.2, 0) is 15.8 Å². The Morgan fingerprint density at radius 1 is 1.25 bits per heavy atom. The number of hydrogen-bond donors (Lipinski definition) is 3. The molecule has 0 saturated carbocycles. The van der Waals surface area contributed by atoms with Gasteiger partial charge in [-0.15, -0.1) is 0 Å². The van der Waals surface area contributed by atoms with E-state index in [0.29, 0.717) is 12.2 Å². The van der Waals surface area contributed by atoms with E-state index in [4.69, 9.17) is 0 Å². The molecule has 1 unspecified atom stereocenters. The average Bonchev–Trinajstić information content (AvgIpc) is 2.61. The number of hydrogen-bond acceptors (Lipinski definition) is 7. The summed E-state index contributed by atoms with van der Waals surface area (Å²) in [5.41, 5.74) is 0.142. The minimum atomic E-state index is -3.57. The molecule has 2 rings (SSSR count). The zero-order valence-corrected chi connectivity index (χ0v) is 17.1. The fourth-order valence-corrected chi connectivity index (χ4v) is 3.69. The van der Waals surface area contributed by atoms with Crippen LogP contribution in [0, 0.1) is 11.6 Å². The van der Waals surface area contributed by atoms with E-state index in [-0.39, 0.29) is 34.9 Å². The molecule has 1 aromatic carbocycles. The van der Waals surface area contributed by atoms with Crippen LogP contribution < -0.4 is 10.0 Å². The Balaban J connectivity index is 2.26. The third kappa shape index (κ3) is 6.88. The van der Waals surface area contributed by atoms with Crippen molar-refractivity contribution in [1.82, 2.24) is 9.97 Å². The molecule has 1 aromatic heterocycles. The van der Waals surface area contributed by atoms with Gasteiger partial charge in [-0.25, -0.2) is 27.2 Å². The summed E-state index contributed by atoms with van der Waals surface area (Å²) < 4.78 is 52.5. The highest BCUT2D eigenvalue weighted by atomic mass is 32.2. The van der Waals surface area contributed by atoms with E-state index < -0.39 is 21.7 Å². The Bertz CT molecular complexity index is 913. The molecule has 0 aliphatic heterocycles. The second-order valence-corrected chi connectivity index (χ2v) is 8.80. The van der Waals surface area contributed by atoms with Crippen LogP contribution in [-0.4, -0.2) is 42.4 Å². The molecule has 0 fully saturated rings. The van der Waals surface area contributed by atoms with Crippen molar-refractivity contribution in [3.63, 3.8) is 0 Å². The van der Waals surface area contributed by atoms with Crippen molar-refractivity contribution in [2.45, 2.75) is 36.7 Å². The SMILES string of the molecule is CCCC(CO)Nc1cc(NS(C)(=O)=O)nc(SCc2cccc(F)c2F)n1. The predicted octanol–water partition coefficient (Wildman–Crippen LogP) is 2.99. The first-order valence-electron chi connectivity index (χ1n) is 8.51. The first kappa shape index (κ1) is 22.3. The first-order valence-corrected chi connectivity index (χ1v) is 11.4. The summed E-state index contributed by atoms with van der Waals surface area (Å²) in [6.45, 7) is 1.85. The smallest absolute Gasteiger partial charge is 0.230 e. The number of aliphatic hydroxyl groups excluding tert-OH is 1. The summed E-state index contributed by atoms with van der Waals surface area (Å²) in [6.07, 6.45) is 2.51. The summed E-state index contributed by atoms with van der Waals surface area (Å²) in [6, 6.07) is 5.03. The third-order valence-electron chi connectivity index (χ3n) is 3.59. The van der Waals surface area contributed by atoms with E-state index in [1.54, 1.807) is 0 Å². The van der Waals surface area contributed by atoms with Gasteiger partial charge in [-0.1, -0.05) is 37.2 Å². The standard InChI is InChI=1S/C17H22F2N4O3S2/c1-3-5-12(9-24)20-14-8-15(23-28(2,25)26)22-17(21-14)27-10-11-6-4-7-13(18)16(11)19/h4,6-8,12,24H,3,5,9-10H2,1-2H3,(H2,20,21,22,23). The van der Waals surface area contributed by atoms with Crippen molar-refractivity contribution < 1.29 is 22.3 Å². The minimum Gasteiger partial charge on any atom is -0.394 e. The van der Waals surface area contributed by atoms with Gasteiger partial charge >= 0.3 is 0 Å². The van der Waals surface area contributed by atoms with E-state index in [1.807, 2.05) is 6.92 Å². The highest BCUT2D eigenvalue weighted by Crippen LogP contribution is 2.25. The molecule has 0 aliphatic rings. The largest absolute Gasteiger partial charge is 0.394 e. The lowest BCUT2D eigenvalue weighted by atomic mass is 10.2. The lowest BCUT2D eigenvalue weighted by Gasteiger charge is -2.17. The molecule has 3 N–H and O–H groups in total. The lowest BCUT2D eigenvalue weighted by Crippen LogP contribution is -2.24. The Hall–Kier alpha value is -1.98. The van der Waals surface area contributed by atoms with Gasteiger partial charge in [0.2, 0.25) is 10.0 Å². The monoisotopic (exact) mass is 432 g/mol. The van der Waals surface area contributed by atoms with Gasteiger partial charge in [-0.05, 0) is 12.5 Å². The maximum absolute atomic E-state index is 13.8. The van der Waals surface area contributed by atoms with Gasteiger partial charge in [-0.2, -0.15) is 0 Å². The van der Waals surface area contributed by atoms with Gasteiger partial charge in [-0.3, -0.25) is 4.72 Å². The van der Waals surface area contributed by atoms with Gasteiger partial charge in [0.1, 0.15) is 11.6 Å². The zero-order chi connectivity index (χ0) is 20.7. The van der Waals surface area contributed by atoms with Gasteiger partial charge < -0.3 is 10.4 Å². The molecule has 0 radical (unpaired) electrons. The summed E-state index contributed by atoms with van der Waals surface area (Å²) in [4.78, 5) is 8.39. The normalized spacial score (nSPS) is 12.6. The molecule has 28 heavy (non-hydrogen) atoms. The Morgan fingerprint density at radius 3 is 2.61 bits per heavy atom. The number of aromatic nitrogens is 2. The molecular weight excluding hydrogens is 410 g/mol. The molecule has 0 saturated heterocycles.